The van der Waals surface area contributed by atoms with Crippen LogP contribution in [0.25, 0.3) is 0 Å². The second kappa shape index (κ2) is 11.0. The second-order valence-corrected chi connectivity index (χ2v) is 6.93. The minimum absolute atomic E-state index is 0.0151. The average Bonchev–Trinajstić information content (AvgIpc) is 2.72. The van der Waals surface area contributed by atoms with Crippen molar-refractivity contribution < 1.29 is 14.4 Å². The number of carbonyl (C=O) groups excluding carboxylic acids is 3. The van der Waals surface area contributed by atoms with E-state index in [0.29, 0.717) is 23.4 Å². The van der Waals surface area contributed by atoms with Crippen LogP contribution in [0.1, 0.15) is 59.9 Å². The largest absolute Gasteiger partial charge is 0.352 e. The molecular weight excluding hydrogens is 366 g/mol. The van der Waals surface area contributed by atoms with Gasteiger partial charge in [0, 0.05) is 43.4 Å². The van der Waals surface area contributed by atoms with Gasteiger partial charge >= 0.3 is 0 Å². The van der Waals surface area contributed by atoms with Crippen molar-refractivity contribution in [2.75, 3.05) is 18.4 Å². The molecule has 0 atom stereocenters. The molecule has 0 aliphatic rings. The monoisotopic (exact) mass is 395 g/mol. The lowest BCUT2D eigenvalue weighted by Gasteiger charge is -2.21. The first kappa shape index (κ1) is 22.1. The van der Waals surface area contributed by atoms with Gasteiger partial charge < -0.3 is 15.5 Å². The molecule has 0 radical (unpaired) electrons. The van der Waals surface area contributed by atoms with E-state index < -0.39 is 0 Å². The van der Waals surface area contributed by atoms with Crippen LogP contribution in [0.2, 0.25) is 0 Å². The van der Waals surface area contributed by atoms with Crippen LogP contribution in [0.15, 0.2) is 48.5 Å². The van der Waals surface area contributed by atoms with Crippen LogP contribution < -0.4 is 10.6 Å². The maximum absolute atomic E-state index is 12.6. The standard InChI is InChI=1S/C23H29N3O3/c1-4-14-26(15-5-2)23(29)20-10-12-21(13-11-20)25-22(28)19-8-6-18(7-9-19)16-24-17(3)27/h6-13H,4-5,14-16H2,1-3H3,(H,24,27)(H,25,28). The van der Waals surface area contributed by atoms with Crippen molar-refractivity contribution in [1.29, 1.82) is 0 Å². The first-order valence-corrected chi connectivity index (χ1v) is 9.98. The molecule has 2 aromatic carbocycles. The van der Waals surface area contributed by atoms with E-state index in [4.69, 9.17) is 0 Å². The molecule has 2 N–H and O–H groups in total. The third-order valence-corrected chi connectivity index (χ3v) is 4.42. The first-order chi connectivity index (χ1) is 13.9. The lowest BCUT2D eigenvalue weighted by Crippen LogP contribution is -2.32. The highest BCUT2D eigenvalue weighted by Gasteiger charge is 2.14. The van der Waals surface area contributed by atoms with Gasteiger partial charge in [-0.1, -0.05) is 26.0 Å². The summed E-state index contributed by atoms with van der Waals surface area (Å²) >= 11 is 0. The highest BCUT2D eigenvalue weighted by atomic mass is 16.2. The van der Waals surface area contributed by atoms with Gasteiger partial charge in [0.25, 0.3) is 11.8 Å². The fraction of sp³-hybridized carbons (Fsp3) is 0.348. The smallest absolute Gasteiger partial charge is 0.255 e. The third kappa shape index (κ3) is 6.75. The van der Waals surface area contributed by atoms with Gasteiger partial charge in [-0.25, -0.2) is 0 Å². The maximum Gasteiger partial charge on any atom is 0.255 e. The molecule has 0 bridgehead atoms. The van der Waals surface area contributed by atoms with Gasteiger partial charge in [-0.2, -0.15) is 0 Å². The van der Waals surface area contributed by atoms with Gasteiger partial charge in [0.2, 0.25) is 5.91 Å². The van der Waals surface area contributed by atoms with Crippen LogP contribution in [-0.4, -0.2) is 35.7 Å². The first-order valence-electron chi connectivity index (χ1n) is 9.98. The Balaban J connectivity index is 1.99. The predicted molar refractivity (Wildman–Crippen MR) is 115 cm³/mol. The fourth-order valence-electron chi connectivity index (χ4n) is 2.94. The number of anilines is 1. The Kier molecular flexibility index (Phi) is 8.40. The Labute approximate surface area is 172 Å². The number of hydrogen-bond acceptors (Lipinski definition) is 3. The lowest BCUT2D eigenvalue weighted by atomic mass is 10.1. The summed E-state index contributed by atoms with van der Waals surface area (Å²) in [5, 5.41) is 5.56. The van der Waals surface area contributed by atoms with Crippen LogP contribution >= 0.6 is 0 Å². The summed E-state index contributed by atoms with van der Waals surface area (Å²) in [6.45, 7) is 7.49. The Bertz CT molecular complexity index is 823. The van der Waals surface area contributed by atoms with Gasteiger partial charge in [-0.3, -0.25) is 14.4 Å². The third-order valence-electron chi connectivity index (χ3n) is 4.42. The topological polar surface area (TPSA) is 78.5 Å². The fourth-order valence-corrected chi connectivity index (χ4v) is 2.94. The van der Waals surface area contributed by atoms with Crippen LogP contribution in [0.5, 0.6) is 0 Å². The van der Waals surface area contributed by atoms with E-state index in [2.05, 4.69) is 24.5 Å². The Morgan fingerprint density at radius 3 is 1.90 bits per heavy atom. The molecule has 0 aromatic heterocycles. The van der Waals surface area contributed by atoms with Crippen LogP contribution in [0, 0.1) is 0 Å². The van der Waals surface area contributed by atoms with Gasteiger partial charge in [0.15, 0.2) is 0 Å². The van der Waals surface area contributed by atoms with E-state index in [1.54, 1.807) is 36.4 Å². The molecule has 6 heteroatoms. The van der Waals surface area contributed by atoms with Crippen LogP contribution in [0.4, 0.5) is 5.69 Å². The summed E-state index contributed by atoms with van der Waals surface area (Å²) in [5.41, 5.74) is 2.69. The number of rotatable bonds is 9. The summed E-state index contributed by atoms with van der Waals surface area (Å²) in [4.78, 5) is 37.9. The van der Waals surface area contributed by atoms with Gasteiger partial charge in [-0.15, -0.1) is 0 Å². The summed E-state index contributed by atoms with van der Waals surface area (Å²) in [6.07, 6.45) is 1.84. The zero-order valence-electron chi connectivity index (χ0n) is 17.3. The second-order valence-electron chi connectivity index (χ2n) is 6.93. The number of nitrogens with one attached hydrogen (secondary N) is 2. The van der Waals surface area contributed by atoms with Crippen molar-refractivity contribution in [3.05, 3.63) is 65.2 Å². The van der Waals surface area contributed by atoms with Gasteiger partial charge in [0.1, 0.15) is 0 Å². The Hall–Kier alpha value is -3.15. The van der Waals surface area contributed by atoms with E-state index in [1.807, 2.05) is 17.0 Å². The number of amides is 3. The zero-order valence-corrected chi connectivity index (χ0v) is 17.3. The zero-order chi connectivity index (χ0) is 21.2. The predicted octanol–water partition coefficient (Wildman–Crippen LogP) is 3.84. The Morgan fingerprint density at radius 2 is 1.38 bits per heavy atom. The minimum atomic E-state index is -0.228. The highest BCUT2D eigenvalue weighted by Crippen LogP contribution is 2.14. The number of carbonyl (C=O) groups is 3. The van der Waals surface area contributed by atoms with Crippen molar-refractivity contribution in [2.24, 2.45) is 0 Å². The summed E-state index contributed by atoms with van der Waals surface area (Å²) < 4.78 is 0. The van der Waals surface area contributed by atoms with Crippen molar-refractivity contribution in [3.8, 4) is 0 Å². The van der Waals surface area contributed by atoms with Crippen LogP contribution in [0.3, 0.4) is 0 Å². The van der Waals surface area contributed by atoms with Gasteiger partial charge in [0.05, 0.1) is 0 Å². The van der Waals surface area contributed by atoms with E-state index in [-0.39, 0.29) is 17.7 Å². The molecule has 154 valence electrons. The summed E-state index contributed by atoms with van der Waals surface area (Å²) in [7, 11) is 0. The number of nitrogens with zero attached hydrogens (tertiary/aromatic N) is 1. The van der Waals surface area contributed by atoms with Crippen molar-refractivity contribution in [1.82, 2.24) is 10.2 Å². The molecule has 0 spiro atoms. The molecule has 0 heterocycles. The van der Waals surface area contributed by atoms with E-state index in [9.17, 15) is 14.4 Å². The quantitative estimate of drug-likeness (QED) is 0.677. The lowest BCUT2D eigenvalue weighted by molar-refractivity contribution is -0.119. The average molecular weight is 396 g/mol. The minimum Gasteiger partial charge on any atom is -0.352 e. The molecule has 0 aliphatic carbocycles. The molecule has 6 nitrogen and oxygen atoms in total. The molecule has 0 aliphatic heterocycles. The normalized spacial score (nSPS) is 10.3. The molecule has 0 saturated heterocycles. The molecule has 0 saturated carbocycles. The molecule has 3 amide bonds. The molecule has 29 heavy (non-hydrogen) atoms. The van der Waals surface area contributed by atoms with Crippen molar-refractivity contribution >= 4 is 23.4 Å². The molecule has 2 aromatic rings. The molecule has 0 unspecified atom stereocenters. The molecule has 2 rings (SSSR count). The van der Waals surface area contributed by atoms with Crippen LogP contribution in [-0.2, 0) is 11.3 Å². The summed E-state index contributed by atoms with van der Waals surface area (Å²) in [6, 6.07) is 14.0. The molecule has 0 fully saturated rings. The van der Waals surface area contributed by atoms with E-state index in [1.165, 1.54) is 6.92 Å². The van der Waals surface area contributed by atoms with E-state index >= 15 is 0 Å². The molecular formula is C23H29N3O3. The SMILES string of the molecule is CCCN(CCC)C(=O)c1ccc(NC(=O)c2ccc(CNC(C)=O)cc2)cc1. The number of hydrogen-bond donors (Lipinski definition) is 2. The summed E-state index contributed by atoms with van der Waals surface area (Å²) in [5.74, 6) is -0.309. The number of benzene rings is 2. The maximum atomic E-state index is 12.6. The van der Waals surface area contributed by atoms with Gasteiger partial charge in [-0.05, 0) is 54.8 Å². The van der Waals surface area contributed by atoms with Crippen molar-refractivity contribution in [3.63, 3.8) is 0 Å². The van der Waals surface area contributed by atoms with Crippen molar-refractivity contribution in [2.45, 2.75) is 40.2 Å². The van der Waals surface area contributed by atoms with E-state index in [0.717, 1.165) is 31.5 Å². The Morgan fingerprint density at radius 1 is 0.828 bits per heavy atom. The highest BCUT2D eigenvalue weighted by molar-refractivity contribution is 6.04.